The maximum absolute atomic E-state index is 13.0. The molecule has 0 spiro atoms. The standard InChI is InChI=1S/C27H36N2O2/c1-19-6-11-25(29(18-19)26(30)31-27(2,3)4)23-10-8-20-7-9-22(16-24(20)17-23)21-12-14-28(5)15-13-21/h7-10,12,16-17,19,25H,6,11,13-15,18H2,1-5H3/t19-,25+/m0/s1. The first-order chi connectivity index (χ1) is 14.7. The van der Waals surface area contributed by atoms with E-state index in [0.717, 1.165) is 38.9 Å². The van der Waals surface area contributed by atoms with E-state index in [4.69, 9.17) is 4.74 Å². The Kier molecular flexibility index (Phi) is 6.11. The number of likely N-dealkylation sites (tertiary alicyclic amines) is 1. The largest absolute Gasteiger partial charge is 0.444 e. The van der Waals surface area contributed by atoms with Crippen molar-refractivity contribution in [2.45, 2.75) is 58.6 Å². The van der Waals surface area contributed by atoms with E-state index in [9.17, 15) is 4.79 Å². The van der Waals surface area contributed by atoms with Crippen LogP contribution >= 0.6 is 0 Å². The molecule has 1 amide bonds. The molecule has 0 radical (unpaired) electrons. The van der Waals surface area contributed by atoms with E-state index in [1.165, 1.54) is 27.5 Å². The van der Waals surface area contributed by atoms with Crippen LogP contribution in [0.15, 0.2) is 42.5 Å². The first kappa shape index (κ1) is 21.9. The highest BCUT2D eigenvalue weighted by atomic mass is 16.6. The average Bonchev–Trinajstić information content (AvgIpc) is 2.72. The van der Waals surface area contributed by atoms with Crippen LogP contribution in [0.3, 0.4) is 0 Å². The van der Waals surface area contributed by atoms with E-state index in [1.807, 2.05) is 25.7 Å². The van der Waals surface area contributed by atoms with Gasteiger partial charge in [0.25, 0.3) is 0 Å². The van der Waals surface area contributed by atoms with Crippen molar-refractivity contribution in [1.29, 1.82) is 0 Å². The van der Waals surface area contributed by atoms with E-state index in [2.05, 4.69) is 61.3 Å². The minimum absolute atomic E-state index is 0.0710. The summed E-state index contributed by atoms with van der Waals surface area (Å²) < 4.78 is 5.75. The molecule has 2 atom stereocenters. The van der Waals surface area contributed by atoms with Crippen LogP contribution in [0, 0.1) is 5.92 Å². The summed E-state index contributed by atoms with van der Waals surface area (Å²) in [6.45, 7) is 10.9. The second-order valence-electron chi connectivity index (χ2n) is 10.4. The summed E-state index contributed by atoms with van der Waals surface area (Å²) >= 11 is 0. The highest BCUT2D eigenvalue weighted by molar-refractivity contribution is 5.87. The SMILES string of the molecule is C[C@H]1CC[C@H](c2ccc3ccc(C4=CCN(C)CC4)cc3c2)N(C(=O)OC(C)(C)C)C1. The Morgan fingerprint density at radius 3 is 2.55 bits per heavy atom. The number of hydrogen-bond donors (Lipinski definition) is 0. The number of fused-ring (bicyclic) bond motifs is 1. The Morgan fingerprint density at radius 2 is 1.84 bits per heavy atom. The van der Waals surface area contributed by atoms with E-state index >= 15 is 0 Å². The zero-order valence-corrected chi connectivity index (χ0v) is 19.6. The van der Waals surface area contributed by atoms with E-state index in [-0.39, 0.29) is 12.1 Å². The number of nitrogens with zero attached hydrogens (tertiary/aromatic N) is 2. The summed E-state index contributed by atoms with van der Waals surface area (Å²) in [5, 5.41) is 2.49. The smallest absolute Gasteiger partial charge is 0.410 e. The highest BCUT2D eigenvalue weighted by Crippen LogP contribution is 2.36. The molecule has 4 rings (SSSR count). The maximum atomic E-state index is 13.0. The van der Waals surface area contributed by atoms with Crippen LogP contribution in [0.25, 0.3) is 16.3 Å². The number of carbonyl (C=O) groups excluding carboxylic acids is 1. The second-order valence-corrected chi connectivity index (χ2v) is 10.4. The molecule has 166 valence electrons. The van der Waals surface area contributed by atoms with Crippen molar-refractivity contribution in [3.63, 3.8) is 0 Å². The average molecular weight is 421 g/mol. The van der Waals surface area contributed by atoms with Gasteiger partial charge in [-0.2, -0.15) is 0 Å². The van der Waals surface area contributed by atoms with E-state index < -0.39 is 5.60 Å². The lowest BCUT2D eigenvalue weighted by Gasteiger charge is -2.39. The molecule has 2 aromatic rings. The summed E-state index contributed by atoms with van der Waals surface area (Å²) in [6.07, 6.45) is 5.34. The number of amides is 1. The molecular weight excluding hydrogens is 384 g/mol. The summed E-state index contributed by atoms with van der Waals surface area (Å²) in [5.41, 5.74) is 3.48. The predicted octanol–water partition coefficient (Wildman–Crippen LogP) is 6.27. The number of benzene rings is 2. The molecule has 1 fully saturated rings. The summed E-state index contributed by atoms with van der Waals surface area (Å²) in [5.74, 6) is 0.493. The van der Waals surface area contributed by atoms with Crippen molar-refractivity contribution in [3.05, 3.63) is 53.6 Å². The minimum Gasteiger partial charge on any atom is -0.444 e. The van der Waals surface area contributed by atoms with Crippen LogP contribution in [-0.4, -0.2) is 48.2 Å². The molecule has 1 saturated heterocycles. The molecule has 0 aliphatic carbocycles. The van der Waals surface area contributed by atoms with Crippen molar-refractivity contribution in [1.82, 2.24) is 9.80 Å². The zero-order chi connectivity index (χ0) is 22.2. The van der Waals surface area contributed by atoms with E-state index in [1.54, 1.807) is 0 Å². The normalized spacial score (nSPS) is 23.0. The molecule has 2 aromatic carbocycles. The molecule has 2 heterocycles. The number of hydrogen-bond acceptors (Lipinski definition) is 3. The van der Waals surface area contributed by atoms with Gasteiger partial charge in [0.1, 0.15) is 5.60 Å². The maximum Gasteiger partial charge on any atom is 0.410 e. The van der Waals surface area contributed by atoms with Crippen molar-refractivity contribution < 1.29 is 9.53 Å². The quantitative estimate of drug-likeness (QED) is 0.574. The van der Waals surface area contributed by atoms with Crippen LogP contribution < -0.4 is 0 Å². The van der Waals surface area contributed by atoms with Crippen molar-refractivity contribution in [3.8, 4) is 0 Å². The lowest BCUT2D eigenvalue weighted by molar-refractivity contribution is 0.00365. The van der Waals surface area contributed by atoms with Gasteiger partial charge in [0.15, 0.2) is 0 Å². The van der Waals surface area contributed by atoms with Gasteiger partial charge in [-0.05, 0) is 92.6 Å². The molecule has 2 aliphatic heterocycles. The fourth-order valence-electron chi connectivity index (χ4n) is 4.73. The van der Waals surface area contributed by atoms with Crippen LogP contribution in [0.2, 0.25) is 0 Å². The van der Waals surface area contributed by atoms with Crippen molar-refractivity contribution in [2.24, 2.45) is 5.92 Å². The third kappa shape index (κ3) is 5.12. The summed E-state index contributed by atoms with van der Waals surface area (Å²) in [6, 6.07) is 13.5. The number of rotatable bonds is 2. The van der Waals surface area contributed by atoms with Gasteiger partial charge >= 0.3 is 6.09 Å². The molecule has 2 aliphatic rings. The monoisotopic (exact) mass is 420 g/mol. The number of likely N-dealkylation sites (N-methyl/N-ethyl adjacent to an activating group) is 1. The Labute approximate surface area is 186 Å². The van der Waals surface area contributed by atoms with Crippen molar-refractivity contribution >= 4 is 22.4 Å². The van der Waals surface area contributed by atoms with Gasteiger partial charge in [-0.3, -0.25) is 0 Å². The topological polar surface area (TPSA) is 32.8 Å². The number of ether oxygens (including phenoxy) is 1. The Balaban J connectivity index is 1.64. The van der Waals surface area contributed by atoms with Gasteiger partial charge in [-0.1, -0.05) is 37.3 Å². The predicted molar refractivity (Wildman–Crippen MR) is 128 cm³/mol. The number of carbonyl (C=O) groups is 1. The lowest BCUT2D eigenvalue weighted by atomic mass is 9.89. The summed E-state index contributed by atoms with van der Waals surface area (Å²) in [4.78, 5) is 17.3. The van der Waals surface area contributed by atoms with Crippen LogP contribution in [-0.2, 0) is 4.74 Å². The molecule has 0 unspecified atom stereocenters. The molecule has 4 nitrogen and oxygen atoms in total. The molecule has 0 bridgehead atoms. The van der Waals surface area contributed by atoms with Gasteiger partial charge in [-0.15, -0.1) is 0 Å². The minimum atomic E-state index is -0.484. The molecular formula is C27H36N2O2. The summed E-state index contributed by atoms with van der Waals surface area (Å²) in [7, 11) is 2.17. The fraction of sp³-hybridized carbons (Fsp3) is 0.519. The zero-order valence-electron chi connectivity index (χ0n) is 19.6. The van der Waals surface area contributed by atoms with Gasteiger partial charge < -0.3 is 14.5 Å². The molecule has 0 aromatic heterocycles. The molecule has 0 N–H and O–H groups in total. The third-order valence-corrected chi connectivity index (χ3v) is 6.48. The van der Waals surface area contributed by atoms with Gasteiger partial charge in [0.05, 0.1) is 6.04 Å². The number of piperidine rings is 1. The Bertz CT molecular complexity index is 988. The highest BCUT2D eigenvalue weighted by Gasteiger charge is 2.34. The molecule has 0 saturated carbocycles. The Hall–Kier alpha value is -2.33. The Morgan fingerprint density at radius 1 is 1.06 bits per heavy atom. The van der Waals surface area contributed by atoms with Gasteiger partial charge in [-0.25, -0.2) is 4.79 Å². The lowest BCUT2D eigenvalue weighted by Crippen LogP contribution is -2.44. The molecule has 31 heavy (non-hydrogen) atoms. The second kappa shape index (κ2) is 8.66. The van der Waals surface area contributed by atoms with Gasteiger partial charge in [0.2, 0.25) is 0 Å². The third-order valence-electron chi connectivity index (χ3n) is 6.48. The first-order valence-corrected chi connectivity index (χ1v) is 11.6. The van der Waals surface area contributed by atoms with E-state index in [0.29, 0.717) is 5.92 Å². The van der Waals surface area contributed by atoms with Crippen LogP contribution in [0.4, 0.5) is 4.79 Å². The molecule has 4 heteroatoms. The fourth-order valence-corrected chi connectivity index (χ4v) is 4.73. The first-order valence-electron chi connectivity index (χ1n) is 11.6. The van der Waals surface area contributed by atoms with Crippen LogP contribution in [0.5, 0.6) is 0 Å². The van der Waals surface area contributed by atoms with Gasteiger partial charge in [0, 0.05) is 19.6 Å². The van der Waals surface area contributed by atoms with Crippen molar-refractivity contribution in [2.75, 3.05) is 26.7 Å². The van der Waals surface area contributed by atoms with Crippen LogP contribution in [0.1, 0.15) is 64.1 Å².